The third-order valence-electron chi connectivity index (χ3n) is 2.82. The topological polar surface area (TPSA) is 0 Å². The molecule has 0 nitrogen and oxygen atoms in total. The van der Waals surface area contributed by atoms with Gasteiger partial charge in [-0.3, -0.25) is 0 Å². The molecule has 0 aromatic carbocycles. The first-order valence-electron chi connectivity index (χ1n) is 4.15. The zero-order valence-corrected chi connectivity index (χ0v) is 6.56. The molecule has 2 bridgehead atoms. The number of hydrogen-bond acceptors (Lipinski definition) is 0. The zero-order chi connectivity index (χ0) is 7.14. The van der Waals surface area contributed by atoms with Crippen molar-refractivity contribution < 1.29 is 0 Å². The van der Waals surface area contributed by atoms with Crippen molar-refractivity contribution in [2.24, 2.45) is 11.8 Å². The molecule has 1 fully saturated rings. The smallest absolute Gasteiger partial charge is 0.0157 e. The van der Waals surface area contributed by atoms with Crippen LogP contribution in [0.1, 0.15) is 26.2 Å². The molecule has 0 heterocycles. The van der Waals surface area contributed by atoms with Crippen LogP contribution in [0.15, 0.2) is 23.8 Å². The SMILES string of the molecule is C=C(C)C1=CC2CCC1C2. The van der Waals surface area contributed by atoms with Crippen molar-refractivity contribution in [1.29, 1.82) is 0 Å². The third kappa shape index (κ3) is 0.749. The fraction of sp³-hybridized carbons (Fsp3) is 0.600. The van der Waals surface area contributed by atoms with E-state index in [4.69, 9.17) is 0 Å². The summed E-state index contributed by atoms with van der Waals surface area (Å²) in [4.78, 5) is 0. The number of allylic oxidation sites excluding steroid dienone is 3. The van der Waals surface area contributed by atoms with E-state index in [0.717, 1.165) is 11.8 Å². The van der Waals surface area contributed by atoms with Crippen molar-refractivity contribution >= 4 is 0 Å². The molecule has 0 aliphatic heterocycles. The van der Waals surface area contributed by atoms with Gasteiger partial charge in [-0.05, 0) is 43.6 Å². The van der Waals surface area contributed by atoms with Crippen LogP contribution in [0.25, 0.3) is 0 Å². The van der Waals surface area contributed by atoms with Crippen LogP contribution in [0.4, 0.5) is 0 Å². The van der Waals surface area contributed by atoms with Gasteiger partial charge in [0.2, 0.25) is 0 Å². The van der Waals surface area contributed by atoms with E-state index in [1.807, 2.05) is 0 Å². The normalized spacial score (nSPS) is 36.3. The minimum absolute atomic E-state index is 0.891. The van der Waals surface area contributed by atoms with Gasteiger partial charge < -0.3 is 0 Å². The van der Waals surface area contributed by atoms with Crippen LogP contribution in [0, 0.1) is 11.8 Å². The maximum atomic E-state index is 3.99. The van der Waals surface area contributed by atoms with E-state index in [9.17, 15) is 0 Å². The van der Waals surface area contributed by atoms with E-state index in [1.54, 1.807) is 5.57 Å². The summed E-state index contributed by atoms with van der Waals surface area (Å²) in [7, 11) is 0. The largest absolute Gasteiger partial charge is 0.0958 e. The van der Waals surface area contributed by atoms with E-state index in [0.29, 0.717) is 0 Å². The summed E-state index contributed by atoms with van der Waals surface area (Å²) < 4.78 is 0. The van der Waals surface area contributed by atoms with Crippen LogP contribution in [0.5, 0.6) is 0 Å². The quantitative estimate of drug-likeness (QED) is 0.517. The van der Waals surface area contributed by atoms with Crippen LogP contribution in [-0.2, 0) is 0 Å². The molecule has 0 radical (unpaired) electrons. The molecule has 0 spiro atoms. The van der Waals surface area contributed by atoms with Crippen molar-refractivity contribution in [2.75, 3.05) is 0 Å². The first-order valence-corrected chi connectivity index (χ1v) is 4.15. The summed E-state index contributed by atoms with van der Waals surface area (Å²) in [5.41, 5.74) is 2.86. The molecular weight excluding hydrogens is 120 g/mol. The lowest BCUT2D eigenvalue weighted by molar-refractivity contribution is 0.664. The molecule has 2 rings (SSSR count). The number of hydrogen-bond donors (Lipinski definition) is 0. The van der Waals surface area contributed by atoms with Gasteiger partial charge in [-0.25, -0.2) is 0 Å². The van der Waals surface area contributed by atoms with Crippen molar-refractivity contribution in [2.45, 2.75) is 26.2 Å². The number of fused-ring (bicyclic) bond motifs is 2. The average molecular weight is 134 g/mol. The second kappa shape index (κ2) is 1.98. The maximum absolute atomic E-state index is 3.99. The molecule has 2 aliphatic rings. The van der Waals surface area contributed by atoms with Gasteiger partial charge >= 0.3 is 0 Å². The van der Waals surface area contributed by atoms with Crippen molar-refractivity contribution in [3.63, 3.8) is 0 Å². The highest BCUT2D eigenvalue weighted by atomic mass is 14.4. The van der Waals surface area contributed by atoms with Gasteiger partial charge in [0.1, 0.15) is 0 Å². The summed E-state index contributed by atoms with van der Waals surface area (Å²) in [5.74, 6) is 1.80. The number of rotatable bonds is 1. The highest BCUT2D eigenvalue weighted by molar-refractivity contribution is 5.34. The molecule has 2 aliphatic carbocycles. The second-order valence-corrected chi connectivity index (χ2v) is 3.67. The second-order valence-electron chi connectivity index (χ2n) is 3.67. The van der Waals surface area contributed by atoms with E-state index >= 15 is 0 Å². The Morgan fingerprint density at radius 1 is 1.60 bits per heavy atom. The predicted molar refractivity (Wildman–Crippen MR) is 43.7 cm³/mol. The Bertz CT molecular complexity index is 198. The van der Waals surface area contributed by atoms with Crippen LogP contribution < -0.4 is 0 Å². The maximum Gasteiger partial charge on any atom is -0.0157 e. The fourth-order valence-corrected chi connectivity index (χ4v) is 2.33. The summed E-state index contributed by atoms with van der Waals surface area (Å²) in [6, 6.07) is 0. The minimum Gasteiger partial charge on any atom is -0.0958 e. The highest BCUT2D eigenvalue weighted by Gasteiger charge is 2.32. The Morgan fingerprint density at radius 3 is 2.70 bits per heavy atom. The summed E-state index contributed by atoms with van der Waals surface area (Å²) >= 11 is 0. The van der Waals surface area contributed by atoms with Gasteiger partial charge in [-0.2, -0.15) is 0 Å². The first kappa shape index (κ1) is 6.21. The molecule has 0 amide bonds. The zero-order valence-electron chi connectivity index (χ0n) is 6.56. The molecule has 0 heteroatoms. The summed E-state index contributed by atoms with van der Waals surface area (Å²) in [6.07, 6.45) is 6.71. The Labute approximate surface area is 62.6 Å². The Morgan fingerprint density at radius 2 is 2.40 bits per heavy atom. The Hall–Kier alpha value is -0.520. The van der Waals surface area contributed by atoms with Gasteiger partial charge in [0.25, 0.3) is 0 Å². The van der Waals surface area contributed by atoms with Crippen LogP contribution in [0.3, 0.4) is 0 Å². The monoisotopic (exact) mass is 134 g/mol. The van der Waals surface area contributed by atoms with Gasteiger partial charge in [-0.1, -0.05) is 18.2 Å². The minimum atomic E-state index is 0.891. The molecule has 2 unspecified atom stereocenters. The molecule has 0 saturated heterocycles. The molecule has 1 saturated carbocycles. The van der Waals surface area contributed by atoms with Crippen LogP contribution >= 0.6 is 0 Å². The van der Waals surface area contributed by atoms with E-state index in [1.165, 1.54) is 24.8 Å². The highest BCUT2D eigenvalue weighted by Crippen LogP contribution is 2.45. The molecule has 0 N–H and O–H groups in total. The van der Waals surface area contributed by atoms with Crippen molar-refractivity contribution in [3.05, 3.63) is 23.8 Å². The van der Waals surface area contributed by atoms with Gasteiger partial charge in [0.15, 0.2) is 0 Å². The van der Waals surface area contributed by atoms with Gasteiger partial charge in [0.05, 0.1) is 0 Å². The summed E-state index contributed by atoms with van der Waals surface area (Å²) in [6.45, 7) is 6.12. The van der Waals surface area contributed by atoms with E-state index in [2.05, 4.69) is 19.6 Å². The summed E-state index contributed by atoms with van der Waals surface area (Å²) in [5, 5.41) is 0. The first-order chi connectivity index (χ1) is 4.77. The molecular formula is C10H14. The van der Waals surface area contributed by atoms with Crippen LogP contribution in [-0.4, -0.2) is 0 Å². The lowest BCUT2D eigenvalue weighted by Gasteiger charge is -2.11. The van der Waals surface area contributed by atoms with Crippen molar-refractivity contribution in [3.8, 4) is 0 Å². The Kier molecular flexibility index (Phi) is 1.23. The van der Waals surface area contributed by atoms with Gasteiger partial charge in [0, 0.05) is 0 Å². The Balaban J connectivity index is 2.25. The lowest BCUT2D eigenvalue weighted by Crippen LogP contribution is -1.96. The fourth-order valence-electron chi connectivity index (χ4n) is 2.33. The molecule has 0 aromatic heterocycles. The lowest BCUT2D eigenvalue weighted by atomic mass is 9.94. The molecule has 0 aromatic rings. The molecule has 10 heavy (non-hydrogen) atoms. The molecule has 54 valence electrons. The predicted octanol–water partition coefficient (Wildman–Crippen LogP) is 2.92. The van der Waals surface area contributed by atoms with Gasteiger partial charge in [-0.15, -0.1) is 0 Å². The van der Waals surface area contributed by atoms with E-state index in [-0.39, 0.29) is 0 Å². The third-order valence-corrected chi connectivity index (χ3v) is 2.82. The van der Waals surface area contributed by atoms with E-state index < -0.39 is 0 Å². The average Bonchev–Trinajstić information content (AvgIpc) is 2.44. The standard InChI is InChI=1S/C10H14/c1-7(2)10-6-8-3-4-9(10)5-8/h6,8-9H,1,3-5H2,2H3. The van der Waals surface area contributed by atoms with Crippen molar-refractivity contribution in [1.82, 2.24) is 0 Å². The molecule has 2 atom stereocenters. The van der Waals surface area contributed by atoms with Crippen LogP contribution in [0.2, 0.25) is 0 Å².